The minimum Gasteiger partial charge on any atom is -0.463 e. The summed E-state index contributed by atoms with van der Waals surface area (Å²) in [5, 5.41) is 23.1. The van der Waals surface area contributed by atoms with Gasteiger partial charge in [-0.2, -0.15) is 0 Å². The fourth-order valence-corrected chi connectivity index (χ4v) is 4.25. The average Bonchev–Trinajstić information content (AvgIpc) is 2.57. The van der Waals surface area contributed by atoms with Crippen molar-refractivity contribution in [2.45, 2.75) is 37.6 Å². The van der Waals surface area contributed by atoms with Crippen LogP contribution in [0.4, 0.5) is 0 Å². The van der Waals surface area contributed by atoms with E-state index in [9.17, 15) is 15.0 Å². The highest BCUT2D eigenvalue weighted by Crippen LogP contribution is 2.59. The number of benzene rings is 2. The zero-order chi connectivity index (χ0) is 17.1. The Morgan fingerprint density at radius 3 is 1.92 bits per heavy atom. The first kappa shape index (κ1) is 15.4. The Bertz CT molecular complexity index is 776. The molecule has 2 aromatic carbocycles. The van der Waals surface area contributed by atoms with Gasteiger partial charge in [0, 0.05) is 6.42 Å². The monoisotopic (exact) mass is 324 g/mol. The summed E-state index contributed by atoms with van der Waals surface area (Å²) in [6, 6.07) is 14.5. The summed E-state index contributed by atoms with van der Waals surface area (Å²) in [6.07, 6.45) is -0.162. The van der Waals surface area contributed by atoms with Crippen LogP contribution in [0.25, 0.3) is 0 Å². The minimum absolute atomic E-state index is 0.114. The zero-order valence-corrected chi connectivity index (χ0v) is 13.7. The zero-order valence-electron chi connectivity index (χ0n) is 13.7. The molecule has 0 heterocycles. The molecule has 1 unspecified atom stereocenters. The summed E-state index contributed by atoms with van der Waals surface area (Å²) in [5.74, 6) is -1.32. The van der Waals surface area contributed by atoms with Crippen molar-refractivity contribution in [1.29, 1.82) is 0 Å². The Balaban J connectivity index is 1.98. The van der Waals surface area contributed by atoms with Gasteiger partial charge < -0.3 is 14.9 Å². The van der Waals surface area contributed by atoms with Gasteiger partial charge in [0.1, 0.15) is 11.2 Å². The van der Waals surface area contributed by atoms with Crippen molar-refractivity contribution in [3.63, 3.8) is 0 Å². The molecule has 2 aromatic rings. The van der Waals surface area contributed by atoms with Gasteiger partial charge in [0.2, 0.25) is 0 Å². The maximum Gasteiger partial charge on any atom is 0.312 e. The molecular weight excluding hydrogens is 304 g/mol. The van der Waals surface area contributed by atoms with Crippen LogP contribution >= 0.6 is 0 Å². The van der Waals surface area contributed by atoms with Gasteiger partial charge in [-0.15, -0.1) is 0 Å². The van der Waals surface area contributed by atoms with Crippen LogP contribution < -0.4 is 0 Å². The number of hydrogen-bond donors (Lipinski definition) is 2. The second kappa shape index (κ2) is 4.91. The van der Waals surface area contributed by atoms with Gasteiger partial charge >= 0.3 is 5.97 Å². The molecule has 24 heavy (non-hydrogen) atoms. The number of fused-ring (bicyclic) bond motifs is 1. The maximum absolute atomic E-state index is 12.7. The van der Waals surface area contributed by atoms with Crippen LogP contribution in [-0.4, -0.2) is 22.3 Å². The topological polar surface area (TPSA) is 66.8 Å². The Hall–Kier alpha value is -2.17. The van der Waals surface area contributed by atoms with Gasteiger partial charge in [0.25, 0.3) is 0 Å². The summed E-state index contributed by atoms with van der Waals surface area (Å²) in [4.78, 5) is 12.7. The highest BCUT2D eigenvalue weighted by Gasteiger charge is 2.62. The summed E-state index contributed by atoms with van der Waals surface area (Å²) < 4.78 is 5.37. The SMILES string of the molecule is CC(C)OC(=O)C1CC2(O)c3ccccc3C1(O)c1ccccc12. The average molecular weight is 324 g/mol. The molecule has 5 rings (SSSR count). The first-order chi connectivity index (χ1) is 11.4. The van der Waals surface area contributed by atoms with E-state index in [1.54, 1.807) is 26.0 Å². The quantitative estimate of drug-likeness (QED) is 0.833. The number of carbonyl (C=O) groups excluding carboxylic acids is 1. The van der Waals surface area contributed by atoms with Gasteiger partial charge in [-0.25, -0.2) is 0 Å². The van der Waals surface area contributed by atoms with Crippen LogP contribution in [0.15, 0.2) is 48.5 Å². The molecule has 0 aromatic heterocycles. The third-order valence-electron chi connectivity index (χ3n) is 5.21. The smallest absolute Gasteiger partial charge is 0.312 e. The van der Waals surface area contributed by atoms with Crippen LogP contribution in [-0.2, 0) is 20.7 Å². The van der Waals surface area contributed by atoms with Crippen molar-refractivity contribution >= 4 is 5.97 Å². The lowest BCUT2D eigenvalue weighted by Gasteiger charge is -2.53. The Labute approximate surface area is 140 Å². The molecule has 3 aliphatic rings. The fraction of sp³-hybridized carbons (Fsp3) is 0.350. The number of ether oxygens (including phenoxy) is 1. The van der Waals surface area contributed by atoms with Gasteiger partial charge in [0.05, 0.1) is 12.0 Å². The summed E-state index contributed by atoms with van der Waals surface area (Å²) in [7, 11) is 0. The molecule has 0 radical (unpaired) electrons. The van der Waals surface area contributed by atoms with Gasteiger partial charge in [-0.05, 0) is 36.1 Å². The number of aliphatic hydroxyl groups is 2. The predicted molar refractivity (Wildman–Crippen MR) is 88.2 cm³/mol. The standard InChI is InChI=1S/C20H20O4/c1-12(2)24-18(21)17-11-19(22)13-7-3-5-9-15(13)20(17,23)16-10-6-4-8-14(16)19/h3-10,12,17,22-23H,11H2,1-2H3. The predicted octanol–water partition coefficient (Wildman–Crippen LogP) is 2.44. The molecular formula is C20H20O4. The van der Waals surface area contributed by atoms with Crippen LogP contribution in [0.1, 0.15) is 42.5 Å². The molecule has 2 bridgehead atoms. The molecule has 0 amide bonds. The van der Waals surface area contributed by atoms with E-state index in [0.717, 1.165) is 0 Å². The molecule has 0 saturated carbocycles. The summed E-state index contributed by atoms with van der Waals surface area (Å²) in [6.45, 7) is 3.55. The molecule has 4 nitrogen and oxygen atoms in total. The Morgan fingerprint density at radius 1 is 1.00 bits per heavy atom. The van der Waals surface area contributed by atoms with Crippen LogP contribution in [0, 0.1) is 5.92 Å². The number of carbonyl (C=O) groups is 1. The van der Waals surface area contributed by atoms with E-state index in [0.29, 0.717) is 22.3 Å². The van der Waals surface area contributed by atoms with E-state index in [-0.39, 0.29) is 12.5 Å². The molecule has 0 saturated heterocycles. The van der Waals surface area contributed by atoms with Crippen molar-refractivity contribution in [2.75, 3.05) is 0 Å². The molecule has 0 spiro atoms. The van der Waals surface area contributed by atoms with Crippen molar-refractivity contribution in [1.82, 2.24) is 0 Å². The third kappa shape index (κ3) is 1.78. The van der Waals surface area contributed by atoms with E-state index < -0.39 is 23.1 Å². The molecule has 0 aliphatic heterocycles. The summed E-state index contributed by atoms with van der Waals surface area (Å²) >= 11 is 0. The number of esters is 1. The van der Waals surface area contributed by atoms with Gasteiger partial charge in [0.15, 0.2) is 0 Å². The van der Waals surface area contributed by atoms with E-state index in [1.807, 2.05) is 36.4 Å². The van der Waals surface area contributed by atoms with E-state index in [2.05, 4.69) is 0 Å². The first-order valence-corrected chi connectivity index (χ1v) is 8.24. The highest BCUT2D eigenvalue weighted by molar-refractivity contribution is 5.79. The normalized spacial score (nSPS) is 30.0. The van der Waals surface area contributed by atoms with Crippen LogP contribution in [0.3, 0.4) is 0 Å². The van der Waals surface area contributed by atoms with E-state index >= 15 is 0 Å². The van der Waals surface area contributed by atoms with Crippen molar-refractivity contribution in [2.24, 2.45) is 5.92 Å². The van der Waals surface area contributed by atoms with E-state index in [4.69, 9.17) is 4.74 Å². The highest BCUT2D eigenvalue weighted by atomic mass is 16.5. The lowest BCUT2D eigenvalue weighted by atomic mass is 9.54. The molecule has 2 N–H and O–H groups in total. The van der Waals surface area contributed by atoms with Crippen LogP contribution in [0.2, 0.25) is 0 Å². The lowest BCUT2D eigenvalue weighted by molar-refractivity contribution is -0.170. The number of rotatable bonds is 2. The Morgan fingerprint density at radius 2 is 1.46 bits per heavy atom. The molecule has 3 aliphatic carbocycles. The lowest BCUT2D eigenvalue weighted by Crippen LogP contribution is -2.57. The maximum atomic E-state index is 12.7. The van der Waals surface area contributed by atoms with E-state index in [1.165, 1.54) is 0 Å². The molecule has 124 valence electrons. The Kier molecular flexibility index (Phi) is 3.15. The minimum atomic E-state index is -1.48. The van der Waals surface area contributed by atoms with Crippen LogP contribution in [0.5, 0.6) is 0 Å². The second-order valence-electron chi connectivity index (χ2n) is 6.96. The van der Waals surface area contributed by atoms with Gasteiger partial charge in [-0.1, -0.05) is 48.5 Å². The van der Waals surface area contributed by atoms with Crippen molar-refractivity contribution in [3.8, 4) is 0 Å². The van der Waals surface area contributed by atoms with Crippen molar-refractivity contribution in [3.05, 3.63) is 70.8 Å². The summed E-state index contributed by atoms with van der Waals surface area (Å²) in [5.41, 5.74) is -0.270. The first-order valence-electron chi connectivity index (χ1n) is 8.24. The molecule has 4 heteroatoms. The largest absolute Gasteiger partial charge is 0.463 e. The number of hydrogen-bond acceptors (Lipinski definition) is 4. The molecule has 1 atom stereocenters. The fourth-order valence-electron chi connectivity index (χ4n) is 4.25. The second-order valence-corrected chi connectivity index (χ2v) is 6.96. The third-order valence-corrected chi connectivity index (χ3v) is 5.21. The molecule has 0 fully saturated rings. The van der Waals surface area contributed by atoms with Gasteiger partial charge in [-0.3, -0.25) is 4.79 Å². The van der Waals surface area contributed by atoms with Crippen molar-refractivity contribution < 1.29 is 19.7 Å².